The molecule has 3 heterocycles. The van der Waals surface area contributed by atoms with Gasteiger partial charge in [0.15, 0.2) is 0 Å². The van der Waals surface area contributed by atoms with E-state index in [0.717, 1.165) is 41.3 Å². The van der Waals surface area contributed by atoms with Crippen molar-refractivity contribution in [3.05, 3.63) is 41.2 Å². The molecule has 0 N–H and O–H groups in total. The Hall–Kier alpha value is -1.85. The molecule has 2 fully saturated rings. The zero-order valence-corrected chi connectivity index (χ0v) is 16.7. The molecule has 2 aromatic rings. The molecule has 0 bridgehead atoms. The van der Waals surface area contributed by atoms with Crippen LogP contribution in [0.4, 0.5) is 5.82 Å². The van der Waals surface area contributed by atoms with Crippen LogP contribution in [-0.2, 0) is 0 Å². The molecule has 0 spiro atoms. The molecule has 0 saturated carbocycles. The maximum atomic E-state index is 6.09. The van der Waals surface area contributed by atoms with E-state index in [1.165, 1.54) is 45.2 Å². The summed E-state index contributed by atoms with van der Waals surface area (Å²) in [5.74, 6) is 2.26. The number of halogens is 1. The molecular weight excluding hydrogens is 360 g/mol. The number of hydrogen-bond acceptors (Lipinski definition) is 5. The van der Waals surface area contributed by atoms with Crippen molar-refractivity contribution in [1.82, 2.24) is 14.9 Å². The Morgan fingerprint density at radius 1 is 1.00 bits per heavy atom. The summed E-state index contributed by atoms with van der Waals surface area (Å²) in [6.45, 7) is 6.59. The van der Waals surface area contributed by atoms with Gasteiger partial charge in [0.05, 0.1) is 0 Å². The van der Waals surface area contributed by atoms with Crippen LogP contribution < -0.4 is 9.64 Å². The standard InChI is InChI=1S/C21H27ClN4O/c1-16-13-18(5-6-19(16)22)27-21-14-20(23-15-24-21)26-11-7-17(8-12-26)25-9-3-2-4-10-25/h5-6,13-15,17H,2-4,7-12H2,1H3. The minimum atomic E-state index is 0.569. The Morgan fingerprint density at radius 2 is 1.78 bits per heavy atom. The Balaban J connectivity index is 1.38. The number of ether oxygens (including phenoxy) is 1. The fraction of sp³-hybridized carbons (Fsp3) is 0.524. The highest BCUT2D eigenvalue weighted by atomic mass is 35.5. The van der Waals surface area contributed by atoms with Crippen LogP contribution in [0.15, 0.2) is 30.6 Å². The molecule has 0 unspecified atom stereocenters. The van der Waals surface area contributed by atoms with Gasteiger partial charge in [0.1, 0.15) is 17.9 Å². The molecule has 27 heavy (non-hydrogen) atoms. The highest BCUT2D eigenvalue weighted by Gasteiger charge is 2.26. The van der Waals surface area contributed by atoms with E-state index in [1.54, 1.807) is 6.33 Å². The molecule has 2 aliphatic rings. The molecular formula is C21H27ClN4O. The van der Waals surface area contributed by atoms with Crippen LogP contribution in [0, 0.1) is 6.92 Å². The number of nitrogens with zero attached hydrogens (tertiary/aromatic N) is 4. The average molecular weight is 387 g/mol. The third kappa shape index (κ3) is 4.53. The summed E-state index contributed by atoms with van der Waals surface area (Å²) in [4.78, 5) is 13.8. The lowest BCUT2D eigenvalue weighted by atomic mass is 10.00. The summed E-state index contributed by atoms with van der Waals surface area (Å²) < 4.78 is 5.92. The van der Waals surface area contributed by atoms with E-state index < -0.39 is 0 Å². The van der Waals surface area contributed by atoms with E-state index in [9.17, 15) is 0 Å². The van der Waals surface area contributed by atoms with E-state index in [4.69, 9.17) is 16.3 Å². The molecule has 2 aliphatic heterocycles. The van der Waals surface area contributed by atoms with Gasteiger partial charge >= 0.3 is 0 Å². The predicted octanol–water partition coefficient (Wildman–Crippen LogP) is 4.69. The zero-order chi connectivity index (χ0) is 18.6. The summed E-state index contributed by atoms with van der Waals surface area (Å²) >= 11 is 6.09. The lowest BCUT2D eigenvalue weighted by molar-refractivity contribution is 0.141. The van der Waals surface area contributed by atoms with Gasteiger partial charge < -0.3 is 14.5 Å². The number of piperidine rings is 2. The second kappa shape index (κ2) is 8.44. The number of aromatic nitrogens is 2. The summed E-state index contributed by atoms with van der Waals surface area (Å²) in [6, 6.07) is 8.30. The minimum absolute atomic E-state index is 0.569. The van der Waals surface area contributed by atoms with E-state index in [2.05, 4.69) is 19.8 Å². The lowest BCUT2D eigenvalue weighted by Gasteiger charge is -2.40. The van der Waals surface area contributed by atoms with Crippen LogP contribution in [-0.4, -0.2) is 47.1 Å². The molecule has 1 aromatic carbocycles. The number of rotatable bonds is 4. The maximum absolute atomic E-state index is 6.09. The summed E-state index contributed by atoms with van der Waals surface area (Å²) in [7, 11) is 0. The van der Waals surface area contributed by atoms with Gasteiger partial charge in [-0.25, -0.2) is 9.97 Å². The largest absolute Gasteiger partial charge is 0.439 e. The Kier molecular flexibility index (Phi) is 5.79. The summed E-state index contributed by atoms with van der Waals surface area (Å²) in [5.41, 5.74) is 0.989. The summed E-state index contributed by atoms with van der Waals surface area (Å²) in [5, 5.41) is 0.738. The number of hydrogen-bond donors (Lipinski definition) is 0. The van der Waals surface area contributed by atoms with Gasteiger partial charge in [0.25, 0.3) is 0 Å². The molecule has 0 atom stereocenters. The highest BCUT2D eigenvalue weighted by molar-refractivity contribution is 6.31. The number of aryl methyl sites for hydroxylation is 1. The van der Waals surface area contributed by atoms with Crippen molar-refractivity contribution >= 4 is 17.4 Å². The van der Waals surface area contributed by atoms with Crippen molar-refractivity contribution < 1.29 is 4.74 Å². The van der Waals surface area contributed by atoms with Gasteiger partial charge in [-0.1, -0.05) is 18.0 Å². The van der Waals surface area contributed by atoms with E-state index in [-0.39, 0.29) is 0 Å². The fourth-order valence-corrected chi connectivity index (χ4v) is 4.22. The van der Waals surface area contributed by atoms with Gasteiger partial charge in [-0.15, -0.1) is 0 Å². The van der Waals surface area contributed by atoms with Crippen LogP contribution in [0.2, 0.25) is 5.02 Å². The van der Waals surface area contributed by atoms with Crippen molar-refractivity contribution in [2.45, 2.75) is 45.1 Å². The Morgan fingerprint density at radius 3 is 2.52 bits per heavy atom. The first-order chi connectivity index (χ1) is 13.2. The van der Waals surface area contributed by atoms with E-state index in [1.807, 2.05) is 31.2 Å². The fourth-order valence-electron chi connectivity index (χ4n) is 4.10. The molecule has 6 heteroatoms. The van der Waals surface area contributed by atoms with Gasteiger partial charge in [-0.3, -0.25) is 0 Å². The van der Waals surface area contributed by atoms with Crippen molar-refractivity contribution in [2.24, 2.45) is 0 Å². The zero-order valence-electron chi connectivity index (χ0n) is 15.9. The maximum Gasteiger partial charge on any atom is 0.224 e. The molecule has 0 aliphatic carbocycles. The Bertz CT molecular complexity index is 771. The average Bonchev–Trinajstić information content (AvgIpc) is 2.72. The van der Waals surface area contributed by atoms with Gasteiger partial charge in [0.2, 0.25) is 5.88 Å². The van der Waals surface area contributed by atoms with Crippen LogP contribution in [0.3, 0.4) is 0 Å². The molecule has 1 aromatic heterocycles. The first-order valence-electron chi connectivity index (χ1n) is 9.94. The van der Waals surface area contributed by atoms with Gasteiger partial charge in [0, 0.05) is 30.2 Å². The second-order valence-corrected chi connectivity index (χ2v) is 7.95. The first kappa shape index (κ1) is 18.5. The lowest BCUT2D eigenvalue weighted by Crippen LogP contribution is -2.46. The third-order valence-electron chi connectivity index (χ3n) is 5.67. The topological polar surface area (TPSA) is 41.5 Å². The predicted molar refractivity (Wildman–Crippen MR) is 109 cm³/mol. The quantitative estimate of drug-likeness (QED) is 0.762. The van der Waals surface area contributed by atoms with Crippen LogP contribution in [0.1, 0.15) is 37.7 Å². The van der Waals surface area contributed by atoms with Crippen molar-refractivity contribution in [3.8, 4) is 11.6 Å². The van der Waals surface area contributed by atoms with Crippen molar-refractivity contribution in [2.75, 3.05) is 31.1 Å². The van der Waals surface area contributed by atoms with Crippen molar-refractivity contribution in [1.29, 1.82) is 0 Å². The molecule has 2 saturated heterocycles. The van der Waals surface area contributed by atoms with E-state index >= 15 is 0 Å². The minimum Gasteiger partial charge on any atom is -0.439 e. The number of likely N-dealkylation sites (tertiary alicyclic amines) is 1. The van der Waals surface area contributed by atoms with Crippen molar-refractivity contribution in [3.63, 3.8) is 0 Å². The molecule has 144 valence electrons. The van der Waals surface area contributed by atoms with Gasteiger partial charge in [-0.05, 0) is 69.5 Å². The highest BCUT2D eigenvalue weighted by Crippen LogP contribution is 2.28. The normalized spacial score (nSPS) is 19.3. The Labute approximate surface area is 166 Å². The number of anilines is 1. The number of benzene rings is 1. The van der Waals surface area contributed by atoms with Crippen LogP contribution in [0.25, 0.3) is 0 Å². The molecule has 5 nitrogen and oxygen atoms in total. The van der Waals surface area contributed by atoms with Crippen LogP contribution >= 0.6 is 11.6 Å². The molecule has 0 amide bonds. The second-order valence-electron chi connectivity index (χ2n) is 7.54. The first-order valence-corrected chi connectivity index (χ1v) is 10.3. The van der Waals surface area contributed by atoms with Gasteiger partial charge in [-0.2, -0.15) is 0 Å². The van der Waals surface area contributed by atoms with Crippen LogP contribution in [0.5, 0.6) is 11.6 Å². The summed E-state index contributed by atoms with van der Waals surface area (Å²) in [6.07, 6.45) is 8.11. The smallest absolute Gasteiger partial charge is 0.224 e. The molecule has 4 rings (SSSR count). The molecule has 0 radical (unpaired) electrons. The SMILES string of the molecule is Cc1cc(Oc2cc(N3CCC(N4CCCCC4)CC3)ncn2)ccc1Cl. The third-order valence-corrected chi connectivity index (χ3v) is 6.10. The van der Waals surface area contributed by atoms with E-state index in [0.29, 0.717) is 5.88 Å². The monoisotopic (exact) mass is 386 g/mol.